The van der Waals surface area contributed by atoms with Crippen LogP contribution in [0.3, 0.4) is 0 Å². The molecule has 0 unspecified atom stereocenters. The van der Waals surface area contributed by atoms with Gasteiger partial charge in [-0.25, -0.2) is 8.42 Å². The molecule has 0 fully saturated rings. The first-order valence-electron chi connectivity index (χ1n) is 8.16. The van der Waals surface area contributed by atoms with Gasteiger partial charge < -0.3 is 18.8 Å². The number of hydrogen-bond donors (Lipinski definition) is 1. The Balaban J connectivity index is 0.000000749. The van der Waals surface area contributed by atoms with E-state index in [0.29, 0.717) is 17.2 Å². The molecule has 2 rings (SSSR count). The van der Waals surface area contributed by atoms with Gasteiger partial charge in [0.05, 0.1) is 35.4 Å². The molecule has 10 nitrogen and oxygen atoms in total. The molecule has 1 N–H and O–H groups in total. The lowest BCUT2D eigenvalue weighted by molar-refractivity contribution is -0.692. The summed E-state index contributed by atoms with van der Waals surface area (Å²) in [7, 11) is 3.34. The zero-order chi connectivity index (χ0) is 22.4. The van der Waals surface area contributed by atoms with Gasteiger partial charge in [-0.3, -0.25) is 4.55 Å². The van der Waals surface area contributed by atoms with Gasteiger partial charge in [0.2, 0.25) is 10.4 Å². The predicted molar refractivity (Wildman–Crippen MR) is 105 cm³/mol. The summed E-state index contributed by atoms with van der Waals surface area (Å²) < 4.78 is 52.1. The molecule has 1 aromatic carbocycles. The zero-order valence-electron chi connectivity index (χ0n) is 17.0. The largest absolute Gasteiger partial charge is 0.726 e. The van der Waals surface area contributed by atoms with E-state index in [1.54, 1.807) is 50.6 Å². The van der Waals surface area contributed by atoms with E-state index in [2.05, 4.69) is 0 Å². The first kappa shape index (κ1) is 24.1. The molecule has 0 saturated carbocycles. The number of aryl methyl sites for hydroxylation is 1. The van der Waals surface area contributed by atoms with Crippen molar-refractivity contribution >= 4 is 22.6 Å². The van der Waals surface area contributed by atoms with Crippen molar-refractivity contribution in [3.05, 3.63) is 45.6 Å². The fraction of sp³-hybridized carbons (Fsp3) is 0.333. The SMILES string of the molecule is COc1cc(OC)c(OC)cc1/C=C/c1cc(C)n(C)c(=O)[n+]1C.O=S(=O)([O-])O. The van der Waals surface area contributed by atoms with Crippen LogP contribution in [0.15, 0.2) is 23.0 Å². The minimum absolute atomic E-state index is 0.0751. The highest BCUT2D eigenvalue weighted by atomic mass is 32.3. The molecule has 0 aliphatic heterocycles. The van der Waals surface area contributed by atoms with Gasteiger partial charge in [0.25, 0.3) is 0 Å². The van der Waals surface area contributed by atoms with Gasteiger partial charge in [-0.15, -0.1) is 0 Å². The molecule has 11 heteroatoms. The van der Waals surface area contributed by atoms with Crippen molar-refractivity contribution < 1.29 is 36.3 Å². The first-order valence-corrected chi connectivity index (χ1v) is 9.52. The van der Waals surface area contributed by atoms with Crippen LogP contribution in [0.25, 0.3) is 12.2 Å². The number of hydrogen-bond acceptors (Lipinski definition) is 7. The third-order valence-electron chi connectivity index (χ3n) is 4.02. The lowest BCUT2D eigenvalue weighted by Gasteiger charge is -2.12. The van der Waals surface area contributed by atoms with Crippen LogP contribution in [0.4, 0.5) is 0 Å². The Hall–Kier alpha value is -2.89. The van der Waals surface area contributed by atoms with Crippen molar-refractivity contribution in [3.63, 3.8) is 0 Å². The number of aromatic nitrogens is 2. The number of benzene rings is 1. The Bertz CT molecular complexity index is 1050. The molecular formula is C18H24N2O8S. The van der Waals surface area contributed by atoms with E-state index in [0.717, 1.165) is 17.0 Å². The number of ether oxygens (including phenoxy) is 3. The average Bonchev–Trinajstić information content (AvgIpc) is 2.66. The Kier molecular flexibility index (Phi) is 8.37. The fourth-order valence-electron chi connectivity index (χ4n) is 2.41. The molecule has 29 heavy (non-hydrogen) atoms. The summed E-state index contributed by atoms with van der Waals surface area (Å²) in [6, 6.07) is 5.56. The van der Waals surface area contributed by atoms with Crippen LogP contribution in [0.1, 0.15) is 17.0 Å². The van der Waals surface area contributed by atoms with Crippen LogP contribution in [0.5, 0.6) is 17.2 Å². The van der Waals surface area contributed by atoms with Gasteiger partial charge in [0, 0.05) is 17.7 Å². The third-order valence-corrected chi connectivity index (χ3v) is 4.02. The summed E-state index contributed by atoms with van der Waals surface area (Å²) in [5, 5.41) is 0. The molecule has 0 atom stereocenters. The molecular weight excluding hydrogens is 404 g/mol. The number of rotatable bonds is 5. The molecule has 0 radical (unpaired) electrons. The molecule has 0 spiro atoms. The number of nitrogens with zero attached hydrogens (tertiary/aromatic N) is 2. The first-order chi connectivity index (χ1) is 13.4. The highest BCUT2D eigenvalue weighted by Gasteiger charge is 2.13. The highest BCUT2D eigenvalue weighted by Crippen LogP contribution is 2.35. The van der Waals surface area contributed by atoms with E-state index in [1.165, 1.54) is 0 Å². The van der Waals surface area contributed by atoms with E-state index in [1.807, 2.05) is 31.2 Å². The Morgan fingerprint density at radius 1 is 1.03 bits per heavy atom. The highest BCUT2D eigenvalue weighted by molar-refractivity contribution is 7.79. The summed E-state index contributed by atoms with van der Waals surface area (Å²) in [6.07, 6.45) is 3.76. The molecule has 1 aromatic heterocycles. The summed E-state index contributed by atoms with van der Waals surface area (Å²) in [4.78, 5) is 12.2. The maximum Gasteiger partial charge on any atom is 0.498 e. The van der Waals surface area contributed by atoms with Crippen molar-refractivity contribution in [2.45, 2.75) is 6.92 Å². The van der Waals surface area contributed by atoms with Crippen molar-refractivity contribution in [1.29, 1.82) is 0 Å². The second-order valence-electron chi connectivity index (χ2n) is 5.82. The van der Waals surface area contributed by atoms with Crippen molar-refractivity contribution in [3.8, 4) is 17.2 Å². The summed E-state index contributed by atoms with van der Waals surface area (Å²) in [6.45, 7) is 1.90. The maximum atomic E-state index is 12.2. The third kappa shape index (κ3) is 6.89. The van der Waals surface area contributed by atoms with Gasteiger partial charge in [-0.2, -0.15) is 13.9 Å². The van der Waals surface area contributed by atoms with Crippen LogP contribution < -0.4 is 24.5 Å². The fourth-order valence-corrected chi connectivity index (χ4v) is 2.41. The number of methoxy groups -OCH3 is 3. The molecule has 0 saturated heterocycles. The summed E-state index contributed by atoms with van der Waals surface area (Å²) in [5.74, 6) is 1.87. The van der Waals surface area contributed by atoms with E-state index >= 15 is 0 Å². The van der Waals surface area contributed by atoms with Crippen molar-refractivity contribution in [1.82, 2.24) is 4.57 Å². The standard InChI is InChI=1S/C18H23N2O4.H2O4S/c1-12-9-14(20(3)18(21)19(12)2)8-7-13-10-16(23-5)17(24-6)11-15(13)22-4;1-5(2,3)4/h7-11H,1-6H3;(H2,1,2,3,4)/q+1;/p-1/b8-7+;. The summed E-state index contributed by atoms with van der Waals surface area (Å²) in [5.41, 5.74) is 2.44. The molecule has 160 valence electrons. The van der Waals surface area contributed by atoms with E-state index < -0.39 is 10.4 Å². The van der Waals surface area contributed by atoms with Crippen LogP contribution >= 0.6 is 0 Å². The molecule has 2 aromatic rings. The normalized spacial score (nSPS) is 11.0. The van der Waals surface area contributed by atoms with Crippen LogP contribution in [0, 0.1) is 6.92 Å². The Morgan fingerprint density at radius 2 is 1.52 bits per heavy atom. The Labute approximate surface area is 169 Å². The van der Waals surface area contributed by atoms with Gasteiger partial charge in [-0.1, -0.05) is 0 Å². The average molecular weight is 428 g/mol. The van der Waals surface area contributed by atoms with Gasteiger partial charge in [-0.05, 0) is 25.1 Å². The van der Waals surface area contributed by atoms with Crippen molar-refractivity contribution in [2.75, 3.05) is 21.3 Å². The van der Waals surface area contributed by atoms with Crippen LogP contribution in [-0.4, -0.2) is 43.4 Å². The van der Waals surface area contributed by atoms with Gasteiger partial charge >= 0.3 is 5.69 Å². The Morgan fingerprint density at radius 3 is 2.00 bits per heavy atom. The summed E-state index contributed by atoms with van der Waals surface area (Å²) >= 11 is 0. The van der Waals surface area contributed by atoms with Crippen LogP contribution in [0.2, 0.25) is 0 Å². The quantitative estimate of drug-likeness (QED) is 0.419. The molecule has 0 amide bonds. The van der Waals surface area contributed by atoms with Gasteiger partial charge in [0.15, 0.2) is 11.5 Å². The predicted octanol–water partition coefficient (Wildman–Crippen LogP) is 0.719. The minimum atomic E-state index is -4.92. The van der Waals surface area contributed by atoms with E-state index in [9.17, 15) is 4.79 Å². The molecule has 0 aliphatic rings. The smallest absolute Gasteiger partial charge is 0.498 e. The molecule has 1 heterocycles. The van der Waals surface area contributed by atoms with Crippen LogP contribution in [-0.2, 0) is 24.5 Å². The lowest BCUT2D eigenvalue weighted by atomic mass is 10.1. The topological polar surface area (TPSA) is 131 Å². The molecule has 0 aliphatic carbocycles. The minimum Gasteiger partial charge on any atom is -0.726 e. The molecule has 0 bridgehead atoms. The zero-order valence-corrected chi connectivity index (χ0v) is 17.8. The second kappa shape index (κ2) is 10.0. The second-order valence-corrected chi connectivity index (χ2v) is 6.68. The van der Waals surface area contributed by atoms with E-state index in [4.69, 9.17) is 31.7 Å². The van der Waals surface area contributed by atoms with E-state index in [-0.39, 0.29) is 5.69 Å². The monoisotopic (exact) mass is 428 g/mol. The van der Waals surface area contributed by atoms with Gasteiger partial charge in [0.1, 0.15) is 17.1 Å². The van der Waals surface area contributed by atoms with Crippen molar-refractivity contribution in [2.24, 2.45) is 14.1 Å². The maximum absolute atomic E-state index is 12.2. The lowest BCUT2D eigenvalue weighted by Crippen LogP contribution is -2.53.